The first-order valence-corrected chi connectivity index (χ1v) is 5.33. The monoisotopic (exact) mass is 204 g/mol. The zero-order chi connectivity index (χ0) is 10.8. The van der Waals surface area contributed by atoms with Gasteiger partial charge in [-0.15, -0.1) is 0 Å². The van der Waals surface area contributed by atoms with Crippen molar-refractivity contribution in [1.82, 2.24) is 0 Å². The van der Waals surface area contributed by atoms with Crippen LogP contribution in [0.4, 0.5) is 5.69 Å². The summed E-state index contributed by atoms with van der Waals surface area (Å²) in [4.78, 5) is 13.5. The van der Waals surface area contributed by atoms with Crippen molar-refractivity contribution in [3.8, 4) is 0 Å². The van der Waals surface area contributed by atoms with Crippen LogP contribution in [-0.4, -0.2) is 12.5 Å². The molecule has 0 bridgehead atoms. The number of nitrogens with zero attached hydrogens (tertiary/aromatic N) is 1. The van der Waals surface area contributed by atoms with Crippen molar-refractivity contribution >= 4 is 11.6 Å². The number of hydrogen-bond donors (Lipinski definition) is 1. The Morgan fingerprint density at radius 3 is 2.87 bits per heavy atom. The summed E-state index contributed by atoms with van der Waals surface area (Å²) < 4.78 is 0. The van der Waals surface area contributed by atoms with Crippen LogP contribution in [0.3, 0.4) is 0 Å². The van der Waals surface area contributed by atoms with Crippen molar-refractivity contribution < 1.29 is 4.79 Å². The number of nitrogens with two attached hydrogens (primary N) is 1. The van der Waals surface area contributed by atoms with Crippen molar-refractivity contribution in [3.63, 3.8) is 0 Å². The smallest absolute Gasteiger partial charge is 0.227 e. The molecule has 1 amide bonds. The second kappa shape index (κ2) is 4.03. The molecule has 1 heterocycles. The van der Waals surface area contributed by atoms with Crippen LogP contribution >= 0.6 is 0 Å². The Labute approximate surface area is 89.9 Å². The molecule has 0 aliphatic carbocycles. The number of carbonyl (C=O) groups excluding carboxylic acids is 1. The first-order valence-electron chi connectivity index (χ1n) is 5.33. The minimum atomic E-state index is 0.218. The Morgan fingerprint density at radius 1 is 1.47 bits per heavy atom. The summed E-state index contributed by atoms with van der Waals surface area (Å²) in [6.45, 7) is 3.35. The zero-order valence-electron chi connectivity index (χ0n) is 8.99. The van der Waals surface area contributed by atoms with Gasteiger partial charge >= 0.3 is 0 Å². The van der Waals surface area contributed by atoms with E-state index in [0.717, 1.165) is 29.8 Å². The summed E-state index contributed by atoms with van der Waals surface area (Å²) in [6.07, 6.45) is 1.62. The number of rotatable bonds is 2. The number of carbonyl (C=O) groups is 1. The molecule has 3 nitrogen and oxygen atoms in total. The normalized spacial score (nSPS) is 16.1. The van der Waals surface area contributed by atoms with Gasteiger partial charge < -0.3 is 10.6 Å². The van der Waals surface area contributed by atoms with Gasteiger partial charge in [0.05, 0.1) is 0 Å². The number of benzene rings is 1. The lowest BCUT2D eigenvalue weighted by Gasteiger charge is -2.20. The van der Waals surface area contributed by atoms with Gasteiger partial charge in [0.25, 0.3) is 0 Å². The highest BCUT2D eigenvalue weighted by Gasteiger charge is 2.23. The molecule has 2 rings (SSSR count). The predicted octanol–water partition coefficient (Wildman–Crippen LogP) is 1.58. The van der Waals surface area contributed by atoms with E-state index in [1.807, 2.05) is 30.0 Å². The van der Waals surface area contributed by atoms with Crippen LogP contribution in [-0.2, 0) is 11.3 Å². The molecule has 0 unspecified atom stereocenters. The van der Waals surface area contributed by atoms with Crippen molar-refractivity contribution in [2.75, 3.05) is 11.4 Å². The molecule has 0 aromatic heterocycles. The molecule has 0 spiro atoms. The number of anilines is 1. The van der Waals surface area contributed by atoms with Crippen LogP contribution in [0.1, 0.15) is 24.0 Å². The summed E-state index contributed by atoms with van der Waals surface area (Å²) in [5, 5.41) is 0. The standard InChI is InChI=1S/C12H16N2O/c1-9-4-2-5-11(10(9)8-13)14-7-3-6-12(14)15/h2,4-5H,3,6-8,13H2,1H3. The first kappa shape index (κ1) is 10.2. The highest BCUT2D eigenvalue weighted by atomic mass is 16.2. The average molecular weight is 204 g/mol. The Kier molecular flexibility index (Phi) is 2.73. The van der Waals surface area contributed by atoms with E-state index in [2.05, 4.69) is 0 Å². The second-order valence-corrected chi connectivity index (χ2v) is 3.93. The third kappa shape index (κ3) is 1.75. The molecule has 2 N–H and O–H groups in total. The second-order valence-electron chi connectivity index (χ2n) is 3.93. The van der Waals surface area contributed by atoms with Crippen LogP contribution in [0.15, 0.2) is 18.2 Å². The van der Waals surface area contributed by atoms with Gasteiger partial charge in [-0.1, -0.05) is 12.1 Å². The molecule has 0 saturated carbocycles. The van der Waals surface area contributed by atoms with Crippen LogP contribution < -0.4 is 10.6 Å². The Bertz CT molecular complexity index is 387. The third-order valence-electron chi connectivity index (χ3n) is 2.95. The molecule has 80 valence electrons. The summed E-state index contributed by atoms with van der Waals surface area (Å²) in [6, 6.07) is 6.00. The van der Waals surface area contributed by atoms with E-state index in [4.69, 9.17) is 5.73 Å². The molecular formula is C12H16N2O. The molecular weight excluding hydrogens is 188 g/mol. The van der Waals surface area contributed by atoms with Crippen molar-refractivity contribution in [1.29, 1.82) is 0 Å². The topological polar surface area (TPSA) is 46.3 Å². The summed E-state index contributed by atoms with van der Waals surface area (Å²) in [5.41, 5.74) is 8.98. The van der Waals surface area contributed by atoms with E-state index in [1.165, 1.54) is 0 Å². The maximum absolute atomic E-state index is 11.6. The molecule has 1 aromatic rings. The predicted molar refractivity (Wildman–Crippen MR) is 60.7 cm³/mol. The summed E-state index contributed by atoms with van der Waals surface area (Å²) >= 11 is 0. The molecule has 1 fully saturated rings. The van der Waals surface area contributed by atoms with E-state index in [1.54, 1.807) is 0 Å². The van der Waals surface area contributed by atoms with Gasteiger partial charge in [-0.3, -0.25) is 4.79 Å². The largest absolute Gasteiger partial charge is 0.326 e. The molecule has 15 heavy (non-hydrogen) atoms. The van der Waals surface area contributed by atoms with Crippen LogP contribution in [0.5, 0.6) is 0 Å². The van der Waals surface area contributed by atoms with Crippen LogP contribution in [0, 0.1) is 6.92 Å². The van der Waals surface area contributed by atoms with E-state index in [-0.39, 0.29) is 5.91 Å². The Hall–Kier alpha value is -1.35. The van der Waals surface area contributed by atoms with Gasteiger partial charge in [0.15, 0.2) is 0 Å². The molecule has 1 saturated heterocycles. The van der Waals surface area contributed by atoms with Gasteiger partial charge in [-0.05, 0) is 30.5 Å². The lowest BCUT2D eigenvalue weighted by Crippen LogP contribution is -2.25. The van der Waals surface area contributed by atoms with Crippen molar-refractivity contribution in [3.05, 3.63) is 29.3 Å². The van der Waals surface area contributed by atoms with E-state index in [9.17, 15) is 4.79 Å². The number of hydrogen-bond acceptors (Lipinski definition) is 2. The van der Waals surface area contributed by atoms with Crippen LogP contribution in [0.2, 0.25) is 0 Å². The lowest BCUT2D eigenvalue weighted by molar-refractivity contribution is -0.117. The maximum atomic E-state index is 11.6. The lowest BCUT2D eigenvalue weighted by atomic mass is 10.1. The average Bonchev–Trinajstić information content (AvgIpc) is 2.64. The molecule has 0 atom stereocenters. The quantitative estimate of drug-likeness (QED) is 0.795. The Morgan fingerprint density at radius 2 is 2.27 bits per heavy atom. The fourth-order valence-corrected chi connectivity index (χ4v) is 2.11. The maximum Gasteiger partial charge on any atom is 0.227 e. The van der Waals surface area contributed by atoms with E-state index >= 15 is 0 Å². The Balaban J connectivity index is 2.42. The minimum Gasteiger partial charge on any atom is -0.326 e. The summed E-state index contributed by atoms with van der Waals surface area (Å²) in [7, 11) is 0. The van der Waals surface area contributed by atoms with Gasteiger partial charge in [0, 0.05) is 25.2 Å². The first-order chi connectivity index (χ1) is 7.24. The minimum absolute atomic E-state index is 0.218. The fraction of sp³-hybridized carbons (Fsp3) is 0.417. The molecule has 3 heteroatoms. The molecule has 1 aliphatic rings. The van der Waals surface area contributed by atoms with Crippen molar-refractivity contribution in [2.24, 2.45) is 5.73 Å². The molecule has 1 aromatic carbocycles. The summed E-state index contributed by atoms with van der Waals surface area (Å²) in [5.74, 6) is 0.218. The number of aryl methyl sites for hydroxylation is 1. The third-order valence-corrected chi connectivity index (χ3v) is 2.95. The highest BCUT2D eigenvalue weighted by Crippen LogP contribution is 2.27. The van der Waals surface area contributed by atoms with Crippen molar-refractivity contribution in [2.45, 2.75) is 26.3 Å². The number of amides is 1. The van der Waals surface area contributed by atoms with Gasteiger partial charge in [0.1, 0.15) is 0 Å². The van der Waals surface area contributed by atoms with E-state index in [0.29, 0.717) is 13.0 Å². The van der Waals surface area contributed by atoms with Crippen LogP contribution in [0.25, 0.3) is 0 Å². The fourth-order valence-electron chi connectivity index (χ4n) is 2.11. The molecule has 0 radical (unpaired) electrons. The zero-order valence-corrected chi connectivity index (χ0v) is 8.99. The van der Waals surface area contributed by atoms with Gasteiger partial charge in [-0.2, -0.15) is 0 Å². The van der Waals surface area contributed by atoms with E-state index < -0.39 is 0 Å². The van der Waals surface area contributed by atoms with Gasteiger partial charge in [0.2, 0.25) is 5.91 Å². The highest BCUT2D eigenvalue weighted by molar-refractivity contribution is 5.96. The molecule has 1 aliphatic heterocycles. The SMILES string of the molecule is Cc1cccc(N2CCCC2=O)c1CN. The van der Waals surface area contributed by atoms with Gasteiger partial charge in [-0.25, -0.2) is 0 Å².